The topological polar surface area (TPSA) is 88.3 Å². The van der Waals surface area contributed by atoms with Crippen molar-refractivity contribution in [2.75, 3.05) is 18.4 Å². The minimum atomic E-state index is -0.0793. The molecule has 0 aliphatic carbocycles. The van der Waals surface area contributed by atoms with Crippen LogP contribution in [0.15, 0.2) is 21.0 Å². The lowest BCUT2D eigenvalue weighted by atomic mass is 9.94. The van der Waals surface area contributed by atoms with Crippen molar-refractivity contribution in [1.82, 2.24) is 14.9 Å². The van der Waals surface area contributed by atoms with Crippen LogP contribution >= 0.6 is 23.1 Å². The molecule has 0 saturated carbocycles. The fourth-order valence-electron chi connectivity index (χ4n) is 3.18. The fraction of sp³-hybridized carbons (Fsp3) is 0.619. The highest BCUT2D eigenvalue weighted by molar-refractivity contribution is 8.00. The normalized spacial score (nSPS) is 15.6. The van der Waals surface area contributed by atoms with Crippen LogP contribution in [0.1, 0.15) is 59.1 Å². The summed E-state index contributed by atoms with van der Waals surface area (Å²) in [6.07, 6.45) is 4.94. The van der Waals surface area contributed by atoms with Crippen molar-refractivity contribution < 1.29 is 14.0 Å². The number of hydrogen-bond donors (Lipinski definition) is 1. The van der Waals surface area contributed by atoms with E-state index in [9.17, 15) is 9.59 Å². The number of rotatable bonds is 6. The van der Waals surface area contributed by atoms with Crippen molar-refractivity contribution in [3.63, 3.8) is 0 Å². The molecule has 9 heteroatoms. The summed E-state index contributed by atoms with van der Waals surface area (Å²) in [7, 11) is 0. The SMILES string of the molecule is CC(C)C(=O)N1CCC(C(=O)Nc2ncc(SCc3ncc(C(C)(C)C)o3)s2)CC1. The first kappa shape index (κ1) is 22.8. The molecule has 2 aromatic rings. The lowest BCUT2D eigenvalue weighted by Gasteiger charge is -2.32. The molecular weight excluding hydrogens is 420 g/mol. The third-order valence-corrected chi connectivity index (χ3v) is 7.11. The van der Waals surface area contributed by atoms with Crippen LogP contribution in [0.25, 0.3) is 0 Å². The summed E-state index contributed by atoms with van der Waals surface area (Å²) in [5.74, 6) is 2.25. The molecule has 2 aromatic heterocycles. The molecule has 1 fully saturated rings. The van der Waals surface area contributed by atoms with Gasteiger partial charge in [0.25, 0.3) is 0 Å². The van der Waals surface area contributed by atoms with Gasteiger partial charge in [-0.15, -0.1) is 11.8 Å². The van der Waals surface area contributed by atoms with Gasteiger partial charge in [0.05, 0.1) is 22.4 Å². The third-order valence-electron chi connectivity index (χ3n) is 5.02. The Balaban J connectivity index is 1.47. The first-order valence-corrected chi connectivity index (χ1v) is 12.1. The molecule has 1 aliphatic heterocycles. The van der Waals surface area contributed by atoms with Gasteiger partial charge in [-0.25, -0.2) is 9.97 Å². The number of aromatic nitrogens is 2. The van der Waals surface area contributed by atoms with Crippen LogP contribution in [-0.2, 0) is 20.8 Å². The van der Waals surface area contributed by atoms with Gasteiger partial charge in [-0.05, 0) is 12.8 Å². The van der Waals surface area contributed by atoms with E-state index >= 15 is 0 Å². The number of amides is 2. The average molecular weight is 451 g/mol. The van der Waals surface area contributed by atoms with Crippen molar-refractivity contribution in [3.05, 3.63) is 24.0 Å². The molecule has 3 heterocycles. The number of nitrogens with zero attached hydrogens (tertiary/aromatic N) is 3. The van der Waals surface area contributed by atoms with E-state index in [-0.39, 0.29) is 29.1 Å². The number of carbonyl (C=O) groups excluding carboxylic acids is 2. The second-order valence-electron chi connectivity index (χ2n) is 8.88. The lowest BCUT2D eigenvalue weighted by molar-refractivity contribution is -0.137. The van der Waals surface area contributed by atoms with Gasteiger partial charge in [0, 0.05) is 30.3 Å². The Morgan fingerprint density at radius 1 is 1.27 bits per heavy atom. The maximum atomic E-state index is 12.6. The number of anilines is 1. The monoisotopic (exact) mass is 450 g/mol. The van der Waals surface area contributed by atoms with Crippen LogP contribution in [0.5, 0.6) is 0 Å². The summed E-state index contributed by atoms with van der Waals surface area (Å²) in [5, 5.41) is 3.54. The quantitative estimate of drug-likeness (QED) is 0.650. The second kappa shape index (κ2) is 9.51. The number of nitrogens with one attached hydrogen (secondary N) is 1. The molecule has 1 saturated heterocycles. The van der Waals surface area contributed by atoms with Crippen LogP contribution in [0.2, 0.25) is 0 Å². The highest BCUT2D eigenvalue weighted by Crippen LogP contribution is 2.32. The van der Waals surface area contributed by atoms with E-state index in [1.54, 1.807) is 24.2 Å². The molecule has 1 aliphatic rings. The van der Waals surface area contributed by atoms with E-state index in [1.807, 2.05) is 18.7 Å². The number of likely N-dealkylation sites (tertiary alicyclic amines) is 1. The van der Waals surface area contributed by atoms with E-state index in [1.165, 1.54) is 11.3 Å². The first-order chi connectivity index (χ1) is 14.1. The van der Waals surface area contributed by atoms with Gasteiger partial charge >= 0.3 is 0 Å². The molecule has 30 heavy (non-hydrogen) atoms. The largest absolute Gasteiger partial charge is 0.444 e. The standard InChI is InChI=1S/C21H30N4O3S2/c1-13(2)19(27)25-8-6-14(7-9-25)18(26)24-20-23-11-17(30-20)29-12-16-22-10-15(28-16)21(3,4)5/h10-11,13-14H,6-9,12H2,1-5H3,(H,23,24,26). The molecule has 2 amide bonds. The Labute approximate surface area is 186 Å². The van der Waals surface area contributed by atoms with Gasteiger partial charge in [0.1, 0.15) is 5.76 Å². The van der Waals surface area contributed by atoms with Gasteiger partial charge in [-0.1, -0.05) is 46.0 Å². The van der Waals surface area contributed by atoms with Gasteiger partial charge in [-0.2, -0.15) is 0 Å². The number of hydrogen-bond acceptors (Lipinski definition) is 7. The van der Waals surface area contributed by atoms with Crippen LogP contribution < -0.4 is 5.32 Å². The van der Waals surface area contributed by atoms with E-state index in [0.717, 1.165) is 9.97 Å². The lowest BCUT2D eigenvalue weighted by Crippen LogP contribution is -2.43. The van der Waals surface area contributed by atoms with E-state index < -0.39 is 0 Å². The maximum Gasteiger partial charge on any atom is 0.229 e. The molecule has 7 nitrogen and oxygen atoms in total. The zero-order valence-electron chi connectivity index (χ0n) is 18.2. The zero-order chi connectivity index (χ0) is 21.9. The smallest absolute Gasteiger partial charge is 0.229 e. The van der Waals surface area contributed by atoms with Crippen LogP contribution in [-0.4, -0.2) is 39.8 Å². The molecular formula is C21H30N4O3S2. The number of thioether (sulfide) groups is 1. The zero-order valence-corrected chi connectivity index (χ0v) is 19.9. The van der Waals surface area contributed by atoms with Gasteiger partial charge in [0.15, 0.2) is 5.13 Å². The number of piperidine rings is 1. The summed E-state index contributed by atoms with van der Waals surface area (Å²) < 4.78 is 6.81. The van der Waals surface area contributed by atoms with Gasteiger partial charge in [0.2, 0.25) is 17.7 Å². The molecule has 3 rings (SSSR count). The minimum absolute atomic E-state index is 0.00181. The van der Waals surface area contributed by atoms with Gasteiger partial charge < -0.3 is 14.6 Å². The predicted octanol–water partition coefficient (Wildman–Crippen LogP) is 4.55. The Bertz CT molecular complexity index is 877. The summed E-state index contributed by atoms with van der Waals surface area (Å²) in [4.78, 5) is 35.2. The van der Waals surface area contributed by atoms with E-state index in [4.69, 9.17) is 4.42 Å². The van der Waals surface area contributed by atoms with Crippen molar-refractivity contribution in [2.45, 2.75) is 62.8 Å². The van der Waals surface area contributed by atoms with Crippen molar-refractivity contribution >= 4 is 40.0 Å². The van der Waals surface area contributed by atoms with Gasteiger partial charge in [-0.3, -0.25) is 9.59 Å². The van der Waals surface area contributed by atoms with Crippen LogP contribution in [0.4, 0.5) is 5.13 Å². The molecule has 0 radical (unpaired) electrons. The second-order valence-corrected chi connectivity index (χ2v) is 11.2. The Morgan fingerprint density at radius 2 is 1.97 bits per heavy atom. The molecule has 0 aromatic carbocycles. The number of carbonyl (C=O) groups is 2. The third kappa shape index (κ3) is 5.85. The minimum Gasteiger partial charge on any atom is -0.444 e. The maximum absolute atomic E-state index is 12.6. The molecule has 1 N–H and O–H groups in total. The number of oxazole rings is 1. The van der Waals surface area contributed by atoms with E-state index in [2.05, 4.69) is 36.1 Å². The van der Waals surface area contributed by atoms with Crippen molar-refractivity contribution in [2.24, 2.45) is 11.8 Å². The number of thiazole rings is 1. The summed E-state index contributed by atoms with van der Waals surface area (Å²) >= 11 is 3.04. The highest BCUT2D eigenvalue weighted by atomic mass is 32.2. The molecule has 0 atom stereocenters. The van der Waals surface area contributed by atoms with Crippen molar-refractivity contribution in [1.29, 1.82) is 0 Å². The average Bonchev–Trinajstić information content (AvgIpc) is 3.35. The Hall–Kier alpha value is -1.87. The Kier molecular flexibility index (Phi) is 7.23. The van der Waals surface area contributed by atoms with Crippen LogP contribution in [0, 0.1) is 11.8 Å². The molecule has 0 unspecified atom stereocenters. The fourth-order valence-corrected chi connectivity index (χ4v) is 4.90. The van der Waals surface area contributed by atoms with E-state index in [0.29, 0.717) is 42.7 Å². The molecule has 164 valence electrons. The highest BCUT2D eigenvalue weighted by Gasteiger charge is 2.28. The summed E-state index contributed by atoms with van der Waals surface area (Å²) in [5.41, 5.74) is -0.0594. The molecule has 0 spiro atoms. The summed E-state index contributed by atoms with van der Waals surface area (Å²) in [6, 6.07) is 0. The predicted molar refractivity (Wildman–Crippen MR) is 120 cm³/mol. The Morgan fingerprint density at radius 3 is 2.57 bits per heavy atom. The summed E-state index contributed by atoms with van der Waals surface area (Å²) in [6.45, 7) is 11.4. The van der Waals surface area contributed by atoms with Crippen LogP contribution in [0.3, 0.4) is 0 Å². The van der Waals surface area contributed by atoms with Crippen molar-refractivity contribution in [3.8, 4) is 0 Å². The molecule has 0 bridgehead atoms. The first-order valence-electron chi connectivity index (χ1n) is 10.3.